The topological polar surface area (TPSA) is 109 Å². The number of carbonyl (C=O) groups is 2. The van der Waals surface area contributed by atoms with Gasteiger partial charge in [0.15, 0.2) is 17.6 Å². The molecule has 0 aliphatic heterocycles. The Morgan fingerprint density at radius 3 is 2.47 bits per heavy atom. The van der Waals surface area contributed by atoms with Crippen LogP contribution in [0.4, 0.5) is 0 Å². The molecule has 0 heterocycles. The molecule has 0 aliphatic rings. The molecule has 0 bridgehead atoms. The Bertz CT molecular complexity index is 1240. The van der Waals surface area contributed by atoms with Crippen LogP contribution in [0.1, 0.15) is 18.1 Å². The van der Waals surface area contributed by atoms with Crippen LogP contribution in [0.15, 0.2) is 71.8 Å². The first kappa shape index (κ1) is 26.8. The van der Waals surface area contributed by atoms with E-state index in [1.54, 1.807) is 37.3 Å². The quantitative estimate of drug-likeness (QED) is 0.267. The van der Waals surface area contributed by atoms with Gasteiger partial charge in [-0.1, -0.05) is 59.6 Å². The molecule has 2 atom stereocenters. The molecule has 0 saturated carbocycles. The predicted molar refractivity (Wildman–Crippen MR) is 139 cm³/mol. The number of nitrogens with zero attached hydrogens (tertiary/aromatic N) is 1. The van der Waals surface area contributed by atoms with E-state index in [1.165, 1.54) is 19.4 Å². The average Bonchev–Trinajstić information content (AvgIpc) is 2.86. The molecule has 10 heteroatoms. The first-order valence-corrected chi connectivity index (χ1v) is 11.7. The lowest BCUT2D eigenvalue weighted by Gasteiger charge is -2.21. The fourth-order valence-electron chi connectivity index (χ4n) is 3.21. The minimum absolute atomic E-state index is 0.112. The van der Waals surface area contributed by atoms with Crippen LogP contribution in [0.2, 0.25) is 10.0 Å². The molecule has 0 radical (unpaired) electrons. The van der Waals surface area contributed by atoms with Crippen LogP contribution in [0.3, 0.4) is 0 Å². The highest BCUT2D eigenvalue weighted by atomic mass is 35.5. The number of hydrogen-bond donors (Lipinski definition) is 3. The maximum Gasteiger partial charge on any atom is 0.262 e. The second-order valence-electron chi connectivity index (χ2n) is 7.72. The average molecular weight is 530 g/mol. The largest absolute Gasteiger partial charge is 0.504 e. The van der Waals surface area contributed by atoms with Crippen molar-refractivity contribution in [3.8, 4) is 17.2 Å². The first-order valence-electron chi connectivity index (χ1n) is 10.9. The van der Waals surface area contributed by atoms with Gasteiger partial charge in [-0.3, -0.25) is 9.59 Å². The zero-order valence-corrected chi connectivity index (χ0v) is 21.1. The van der Waals surface area contributed by atoms with Crippen molar-refractivity contribution in [2.45, 2.75) is 25.5 Å². The van der Waals surface area contributed by atoms with Crippen molar-refractivity contribution < 1.29 is 24.2 Å². The van der Waals surface area contributed by atoms with Crippen LogP contribution in [-0.4, -0.2) is 42.4 Å². The van der Waals surface area contributed by atoms with Crippen molar-refractivity contribution in [3.05, 3.63) is 87.9 Å². The lowest BCUT2D eigenvalue weighted by Crippen LogP contribution is -2.50. The molecule has 0 aliphatic carbocycles. The van der Waals surface area contributed by atoms with Crippen LogP contribution in [0.5, 0.6) is 17.2 Å². The van der Waals surface area contributed by atoms with E-state index >= 15 is 0 Å². The number of nitrogens with one attached hydrogen (secondary N) is 2. The molecule has 0 spiro atoms. The fourth-order valence-corrected chi connectivity index (χ4v) is 3.67. The summed E-state index contributed by atoms with van der Waals surface area (Å²) in [7, 11) is 1.43. The summed E-state index contributed by atoms with van der Waals surface area (Å²) in [5.41, 5.74) is 3.60. The van der Waals surface area contributed by atoms with Gasteiger partial charge in [-0.2, -0.15) is 5.10 Å². The monoisotopic (exact) mass is 529 g/mol. The van der Waals surface area contributed by atoms with Crippen molar-refractivity contribution in [1.82, 2.24) is 10.7 Å². The highest BCUT2D eigenvalue weighted by Crippen LogP contribution is 2.29. The number of benzene rings is 3. The van der Waals surface area contributed by atoms with Crippen molar-refractivity contribution in [2.75, 3.05) is 7.11 Å². The Morgan fingerprint density at radius 2 is 1.78 bits per heavy atom. The van der Waals surface area contributed by atoms with Crippen molar-refractivity contribution in [3.63, 3.8) is 0 Å². The predicted octanol–water partition coefficient (Wildman–Crippen LogP) is 4.35. The normalized spacial score (nSPS) is 12.6. The van der Waals surface area contributed by atoms with Gasteiger partial charge >= 0.3 is 0 Å². The summed E-state index contributed by atoms with van der Waals surface area (Å²) in [5.74, 6) is -0.627. The number of hydrazone groups is 1. The third-order valence-electron chi connectivity index (χ3n) is 5.11. The number of ether oxygens (including phenoxy) is 2. The highest BCUT2D eigenvalue weighted by molar-refractivity contribution is 6.35. The van der Waals surface area contributed by atoms with E-state index in [-0.39, 0.29) is 28.7 Å². The van der Waals surface area contributed by atoms with E-state index in [4.69, 9.17) is 32.7 Å². The number of para-hydroxylation sites is 1. The van der Waals surface area contributed by atoms with Gasteiger partial charge in [-0.15, -0.1) is 0 Å². The van der Waals surface area contributed by atoms with Gasteiger partial charge in [0.25, 0.3) is 11.8 Å². The van der Waals surface area contributed by atoms with Gasteiger partial charge in [0.2, 0.25) is 0 Å². The third-order valence-corrected chi connectivity index (χ3v) is 5.64. The SMILES string of the molecule is COc1cccc(/C=N\NC(=O)[C@H](Cc2ccccc2)NC(=O)[C@@H](C)Oc2ccc(Cl)cc2Cl)c1O. The van der Waals surface area contributed by atoms with Crippen LogP contribution in [-0.2, 0) is 16.0 Å². The molecule has 3 rings (SSSR count). The van der Waals surface area contributed by atoms with Gasteiger partial charge in [0.05, 0.1) is 18.3 Å². The number of aromatic hydroxyl groups is 1. The highest BCUT2D eigenvalue weighted by Gasteiger charge is 2.25. The smallest absolute Gasteiger partial charge is 0.262 e. The number of halogens is 2. The number of carbonyl (C=O) groups excluding carboxylic acids is 2. The number of methoxy groups -OCH3 is 1. The number of hydrogen-bond acceptors (Lipinski definition) is 6. The van der Waals surface area contributed by atoms with Crippen LogP contribution in [0, 0.1) is 0 Å². The van der Waals surface area contributed by atoms with Crippen molar-refractivity contribution in [2.24, 2.45) is 5.10 Å². The number of rotatable bonds is 10. The summed E-state index contributed by atoms with van der Waals surface area (Å²) in [6.07, 6.45) is 0.546. The summed E-state index contributed by atoms with van der Waals surface area (Å²) >= 11 is 12.0. The van der Waals surface area contributed by atoms with E-state index in [0.29, 0.717) is 10.6 Å². The molecule has 0 fully saturated rings. The maximum absolute atomic E-state index is 13.0. The van der Waals surface area contributed by atoms with Crippen LogP contribution >= 0.6 is 23.2 Å². The standard InChI is InChI=1S/C26H25Cl2N3O5/c1-16(36-22-12-11-19(27)14-20(22)28)25(33)30-21(13-17-7-4-3-5-8-17)26(34)31-29-15-18-9-6-10-23(35-2)24(18)32/h3-12,14-16,21,32H,13H2,1-2H3,(H,30,33)(H,31,34)/b29-15-/t16-,21+/m1/s1. The van der Waals surface area contributed by atoms with Gasteiger partial charge in [-0.05, 0) is 42.8 Å². The summed E-state index contributed by atoms with van der Waals surface area (Å²) in [5, 5.41) is 17.5. The number of phenols is 1. The summed E-state index contributed by atoms with van der Waals surface area (Å²) in [6, 6.07) is 17.8. The van der Waals surface area contributed by atoms with Crippen molar-refractivity contribution >= 4 is 41.2 Å². The summed E-state index contributed by atoms with van der Waals surface area (Å²) in [6.45, 7) is 1.54. The van der Waals surface area contributed by atoms with E-state index < -0.39 is 24.0 Å². The summed E-state index contributed by atoms with van der Waals surface area (Å²) < 4.78 is 10.7. The second kappa shape index (κ2) is 12.8. The van der Waals surface area contributed by atoms with Crippen LogP contribution < -0.4 is 20.2 Å². The van der Waals surface area contributed by atoms with Gasteiger partial charge in [-0.25, -0.2) is 5.43 Å². The fraction of sp³-hybridized carbons (Fsp3) is 0.192. The molecule has 2 amide bonds. The zero-order chi connectivity index (χ0) is 26.1. The molecule has 8 nitrogen and oxygen atoms in total. The van der Waals surface area contributed by atoms with Gasteiger partial charge in [0.1, 0.15) is 11.8 Å². The minimum Gasteiger partial charge on any atom is -0.504 e. The number of phenolic OH excluding ortho intramolecular Hbond substituents is 1. The van der Waals surface area contributed by atoms with Gasteiger partial charge in [0, 0.05) is 17.0 Å². The van der Waals surface area contributed by atoms with E-state index in [2.05, 4.69) is 15.8 Å². The van der Waals surface area contributed by atoms with Crippen molar-refractivity contribution in [1.29, 1.82) is 0 Å². The Balaban J connectivity index is 1.71. The third kappa shape index (κ3) is 7.37. The van der Waals surface area contributed by atoms with Gasteiger partial charge < -0.3 is 19.9 Å². The molecule has 0 aromatic heterocycles. The Morgan fingerprint density at radius 1 is 1.03 bits per heavy atom. The Labute approximate surface area is 218 Å². The molecule has 3 aromatic carbocycles. The minimum atomic E-state index is -0.956. The molecule has 3 N–H and O–H groups in total. The molecule has 3 aromatic rings. The van der Waals surface area contributed by atoms with E-state index in [9.17, 15) is 14.7 Å². The molecule has 188 valence electrons. The Kier molecular flexibility index (Phi) is 9.55. The van der Waals surface area contributed by atoms with Crippen LogP contribution in [0.25, 0.3) is 0 Å². The Hall–Kier alpha value is -3.75. The van der Waals surface area contributed by atoms with E-state index in [0.717, 1.165) is 5.56 Å². The lowest BCUT2D eigenvalue weighted by molar-refractivity contribution is -0.132. The number of amides is 2. The molecular weight excluding hydrogens is 505 g/mol. The molecular formula is C26H25Cl2N3O5. The molecule has 36 heavy (non-hydrogen) atoms. The summed E-state index contributed by atoms with van der Waals surface area (Å²) in [4.78, 5) is 25.8. The maximum atomic E-state index is 13.0. The second-order valence-corrected chi connectivity index (χ2v) is 8.56. The molecule has 0 unspecified atom stereocenters. The molecule has 0 saturated heterocycles. The lowest BCUT2D eigenvalue weighted by atomic mass is 10.1. The van der Waals surface area contributed by atoms with E-state index in [1.807, 2.05) is 30.3 Å². The first-order chi connectivity index (χ1) is 17.3. The zero-order valence-electron chi connectivity index (χ0n) is 19.6.